The summed E-state index contributed by atoms with van der Waals surface area (Å²) in [4.78, 5) is 21.7. The lowest BCUT2D eigenvalue weighted by Crippen LogP contribution is -2.45. The van der Waals surface area contributed by atoms with E-state index in [1.54, 1.807) is 0 Å². The molecule has 0 radical (unpaired) electrons. The van der Waals surface area contributed by atoms with Crippen LogP contribution in [0.1, 0.15) is 38.5 Å². The molecule has 1 atom stereocenters. The van der Waals surface area contributed by atoms with Gasteiger partial charge >= 0.3 is 11.9 Å². The SMILES string of the molecule is COC(=O)CCS(=O)(=O)N1CCCCC1CCC(=O)O. The van der Waals surface area contributed by atoms with E-state index < -0.39 is 22.0 Å². The van der Waals surface area contributed by atoms with E-state index in [2.05, 4.69) is 4.74 Å². The predicted octanol–water partition coefficient (Wildman–Crippen LogP) is 0.599. The molecule has 0 amide bonds. The molecular weight excluding hydrogens is 286 g/mol. The molecule has 1 aliphatic heterocycles. The zero-order valence-electron chi connectivity index (χ0n) is 11.6. The molecule has 20 heavy (non-hydrogen) atoms. The van der Waals surface area contributed by atoms with E-state index in [1.165, 1.54) is 11.4 Å². The number of carbonyl (C=O) groups is 2. The van der Waals surface area contributed by atoms with E-state index >= 15 is 0 Å². The monoisotopic (exact) mass is 307 g/mol. The molecule has 116 valence electrons. The predicted molar refractivity (Wildman–Crippen MR) is 71.6 cm³/mol. The normalized spacial score (nSPS) is 20.6. The molecule has 8 heteroatoms. The summed E-state index contributed by atoms with van der Waals surface area (Å²) in [5.41, 5.74) is 0. The molecule has 1 aliphatic rings. The lowest BCUT2D eigenvalue weighted by molar-refractivity contribution is -0.140. The highest BCUT2D eigenvalue weighted by Crippen LogP contribution is 2.24. The molecule has 0 spiro atoms. The number of rotatable bonds is 7. The minimum atomic E-state index is -3.55. The first-order valence-corrected chi connectivity index (χ1v) is 8.26. The number of hydrogen-bond donors (Lipinski definition) is 1. The van der Waals surface area contributed by atoms with Crippen molar-refractivity contribution >= 4 is 22.0 Å². The van der Waals surface area contributed by atoms with Gasteiger partial charge in [-0.1, -0.05) is 6.42 Å². The van der Waals surface area contributed by atoms with Crippen LogP contribution in [0.25, 0.3) is 0 Å². The van der Waals surface area contributed by atoms with Crippen LogP contribution in [-0.2, 0) is 24.3 Å². The highest BCUT2D eigenvalue weighted by atomic mass is 32.2. The average Bonchev–Trinajstić information content (AvgIpc) is 2.42. The maximum Gasteiger partial charge on any atom is 0.306 e. The standard InChI is InChI=1S/C12H21NO6S/c1-19-12(16)7-9-20(17,18)13-8-3-2-4-10(13)5-6-11(14)15/h10H,2-9H2,1H3,(H,14,15). The number of carboxylic acids is 1. The second-order valence-electron chi connectivity index (χ2n) is 4.83. The Bertz CT molecular complexity index is 447. The number of carbonyl (C=O) groups excluding carboxylic acids is 1. The van der Waals surface area contributed by atoms with Crippen LogP contribution in [0, 0.1) is 0 Å². The van der Waals surface area contributed by atoms with E-state index in [-0.39, 0.29) is 24.6 Å². The van der Waals surface area contributed by atoms with Crippen molar-refractivity contribution in [3.63, 3.8) is 0 Å². The minimum absolute atomic E-state index is 0.0479. The lowest BCUT2D eigenvalue weighted by atomic mass is 10.0. The number of esters is 1. The van der Waals surface area contributed by atoms with E-state index in [0.29, 0.717) is 19.4 Å². The Balaban J connectivity index is 2.67. The van der Waals surface area contributed by atoms with Crippen molar-refractivity contribution in [2.24, 2.45) is 0 Å². The lowest BCUT2D eigenvalue weighted by Gasteiger charge is -2.34. The fraction of sp³-hybridized carbons (Fsp3) is 0.833. The molecule has 0 saturated carbocycles. The summed E-state index contributed by atoms with van der Waals surface area (Å²) in [6, 6.07) is -0.275. The van der Waals surface area contributed by atoms with Crippen molar-refractivity contribution in [1.82, 2.24) is 4.31 Å². The molecule has 1 heterocycles. The fourth-order valence-corrected chi connectivity index (χ4v) is 4.08. The van der Waals surface area contributed by atoms with Crippen LogP contribution in [0.2, 0.25) is 0 Å². The molecule has 1 saturated heterocycles. The number of carboxylic acid groups (broad SMARTS) is 1. The third-order valence-electron chi connectivity index (χ3n) is 3.41. The Hall–Kier alpha value is -1.15. The molecule has 0 bridgehead atoms. The first-order valence-electron chi connectivity index (χ1n) is 6.65. The average molecular weight is 307 g/mol. The molecule has 1 rings (SSSR count). The van der Waals surface area contributed by atoms with Crippen molar-refractivity contribution in [3.8, 4) is 0 Å². The summed E-state index contributed by atoms with van der Waals surface area (Å²) in [5, 5.41) is 8.71. The van der Waals surface area contributed by atoms with Gasteiger partial charge in [-0.25, -0.2) is 8.42 Å². The third kappa shape index (κ3) is 5.09. The summed E-state index contributed by atoms with van der Waals surface area (Å²) >= 11 is 0. The molecular formula is C12H21NO6S. The van der Waals surface area contributed by atoms with Gasteiger partial charge in [0.1, 0.15) is 0 Å². The van der Waals surface area contributed by atoms with Gasteiger partial charge in [0.05, 0.1) is 19.3 Å². The number of nitrogens with zero attached hydrogens (tertiary/aromatic N) is 1. The fourth-order valence-electron chi connectivity index (χ4n) is 2.35. The van der Waals surface area contributed by atoms with Crippen LogP contribution in [0.15, 0.2) is 0 Å². The molecule has 0 aromatic rings. The first-order chi connectivity index (χ1) is 9.36. The van der Waals surface area contributed by atoms with Gasteiger partial charge in [0.15, 0.2) is 0 Å². The maximum absolute atomic E-state index is 12.2. The number of hydrogen-bond acceptors (Lipinski definition) is 5. The highest BCUT2D eigenvalue weighted by molar-refractivity contribution is 7.89. The van der Waals surface area contributed by atoms with Crippen LogP contribution < -0.4 is 0 Å². The van der Waals surface area contributed by atoms with Gasteiger partial charge in [-0.3, -0.25) is 9.59 Å². The third-order valence-corrected chi connectivity index (χ3v) is 5.33. The number of ether oxygens (including phenoxy) is 1. The molecule has 0 aromatic heterocycles. The van der Waals surface area contributed by atoms with Crippen LogP contribution >= 0.6 is 0 Å². The topological polar surface area (TPSA) is 101 Å². The molecule has 1 unspecified atom stereocenters. The number of aliphatic carboxylic acids is 1. The molecule has 0 aliphatic carbocycles. The Morgan fingerprint density at radius 3 is 2.60 bits per heavy atom. The molecule has 0 aromatic carbocycles. The van der Waals surface area contributed by atoms with Crippen LogP contribution in [0.5, 0.6) is 0 Å². The Morgan fingerprint density at radius 2 is 2.00 bits per heavy atom. The smallest absolute Gasteiger partial charge is 0.306 e. The van der Waals surface area contributed by atoms with Crippen molar-refractivity contribution in [2.75, 3.05) is 19.4 Å². The molecule has 1 N–H and O–H groups in total. The van der Waals surface area contributed by atoms with Crippen LogP contribution in [0.3, 0.4) is 0 Å². The van der Waals surface area contributed by atoms with Gasteiger partial charge in [0.2, 0.25) is 10.0 Å². The van der Waals surface area contributed by atoms with Crippen LogP contribution in [0.4, 0.5) is 0 Å². The van der Waals surface area contributed by atoms with Gasteiger partial charge in [-0.05, 0) is 19.3 Å². The summed E-state index contributed by atoms with van der Waals surface area (Å²) in [6.07, 6.45) is 2.42. The van der Waals surface area contributed by atoms with Crippen molar-refractivity contribution in [1.29, 1.82) is 0 Å². The summed E-state index contributed by atoms with van der Waals surface area (Å²) in [7, 11) is -2.33. The second-order valence-corrected chi connectivity index (χ2v) is 6.88. The van der Waals surface area contributed by atoms with E-state index in [4.69, 9.17) is 5.11 Å². The summed E-state index contributed by atoms with van der Waals surface area (Å²) < 4.78 is 30.3. The van der Waals surface area contributed by atoms with E-state index in [1.807, 2.05) is 0 Å². The van der Waals surface area contributed by atoms with Gasteiger partial charge in [-0.15, -0.1) is 0 Å². The second kappa shape index (κ2) is 7.58. The van der Waals surface area contributed by atoms with Crippen molar-refractivity contribution in [3.05, 3.63) is 0 Å². The largest absolute Gasteiger partial charge is 0.481 e. The number of methoxy groups -OCH3 is 1. The quantitative estimate of drug-likeness (QED) is 0.691. The van der Waals surface area contributed by atoms with Gasteiger partial charge in [0.25, 0.3) is 0 Å². The molecule has 7 nitrogen and oxygen atoms in total. The zero-order chi connectivity index (χ0) is 15.2. The zero-order valence-corrected chi connectivity index (χ0v) is 12.4. The van der Waals surface area contributed by atoms with Crippen LogP contribution in [-0.4, -0.2) is 55.2 Å². The first kappa shape index (κ1) is 16.9. The number of piperidine rings is 1. The summed E-state index contributed by atoms with van der Waals surface area (Å²) in [5.74, 6) is -1.78. The van der Waals surface area contributed by atoms with Gasteiger partial charge in [-0.2, -0.15) is 4.31 Å². The Labute approximate surface area is 118 Å². The van der Waals surface area contributed by atoms with Gasteiger partial charge in [0, 0.05) is 19.0 Å². The van der Waals surface area contributed by atoms with Gasteiger partial charge < -0.3 is 9.84 Å². The van der Waals surface area contributed by atoms with E-state index in [0.717, 1.165) is 12.8 Å². The van der Waals surface area contributed by atoms with Crippen molar-refractivity contribution in [2.45, 2.75) is 44.6 Å². The molecule has 1 fully saturated rings. The van der Waals surface area contributed by atoms with E-state index in [9.17, 15) is 18.0 Å². The Morgan fingerprint density at radius 1 is 1.30 bits per heavy atom. The maximum atomic E-state index is 12.2. The number of sulfonamides is 1. The minimum Gasteiger partial charge on any atom is -0.481 e. The summed E-state index contributed by atoms with van der Waals surface area (Å²) in [6.45, 7) is 0.397. The van der Waals surface area contributed by atoms with Crippen molar-refractivity contribution < 1.29 is 27.9 Å². The Kier molecular flexibility index (Phi) is 6.41. The highest BCUT2D eigenvalue weighted by Gasteiger charge is 2.32.